The second-order valence-electron chi connectivity index (χ2n) is 19.7. The molecule has 1 saturated heterocycles. The van der Waals surface area contributed by atoms with Crippen molar-refractivity contribution in [2.75, 3.05) is 26.4 Å². The summed E-state index contributed by atoms with van der Waals surface area (Å²) in [5.41, 5.74) is 0. The van der Waals surface area contributed by atoms with Crippen molar-refractivity contribution in [2.24, 2.45) is 0 Å². The average Bonchev–Trinajstić information content (AvgIpc) is 3.31. The maximum Gasteiger partial charge on any atom is 0.306 e. The zero-order chi connectivity index (χ0) is 47.1. The van der Waals surface area contributed by atoms with Crippen molar-refractivity contribution in [3.8, 4) is 0 Å². The van der Waals surface area contributed by atoms with E-state index in [1.54, 1.807) is 0 Å². The number of esters is 1. The van der Waals surface area contributed by atoms with Crippen LogP contribution in [0.5, 0.6) is 0 Å². The lowest BCUT2D eigenvalue weighted by molar-refractivity contribution is -0.305. The predicted molar refractivity (Wildman–Crippen MR) is 270 cm³/mol. The molecule has 1 aliphatic rings. The minimum atomic E-state index is -1.53. The summed E-state index contributed by atoms with van der Waals surface area (Å²) >= 11 is 0. The second kappa shape index (κ2) is 48.0. The molecule has 0 radical (unpaired) electrons. The van der Waals surface area contributed by atoms with Crippen LogP contribution in [-0.2, 0) is 23.7 Å². The first-order valence-corrected chi connectivity index (χ1v) is 28.3. The Labute approximate surface area is 401 Å². The van der Waals surface area contributed by atoms with Crippen molar-refractivity contribution in [3.63, 3.8) is 0 Å². The third-order valence-corrected chi connectivity index (χ3v) is 13.4. The van der Waals surface area contributed by atoms with Crippen molar-refractivity contribution in [1.29, 1.82) is 0 Å². The van der Waals surface area contributed by atoms with Crippen molar-refractivity contribution in [1.82, 2.24) is 0 Å². The van der Waals surface area contributed by atoms with Crippen LogP contribution in [0, 0.1) is 0 Å². The van der Waals surface area contributed by atoms with Crippen LogP contribution in [0.1, 0.15) is 277 Å². The molecule has 0 spiro atoms. The summed E-state index contributed by atoms with van der Waals surface area (Å²) in [6.45, 7) is 4.62. The van der Waals surface area contributed by atoms with Gasteiger partial charge in [0.2, 0.25) is 0 Å². The first kappa shape index (κ1) is 61.9. The van der Waals surface area contributed by atoms with E-state index in [4.69, 9.17) is 18.9 Å². The Morgan fingerprint density at radius 3 is 1.25 bits per heavy atom. The molecule has 1 heterocycles. The number of rotatable bonds is 50. The fourth-order valence-corrected chi connectivity index (χ4v) is 9.02. The number of allylic oxidation sites excluding steroid dienone is 2. The summed E-state index contributed by atoms with van der Waals surface area (Å²) in [6, 6.07) is 0. The van der Waals surface area contributed by atoms with Crippen molar-refractivity contribution in [3.05, 3.63) is 12.2 Å². The summed E-state index contributed by atoms with van der Waals surface area (Å²) in [7, 11) is 0. The van der Waals surface area contributed by atoms with E-state index in [1.807, 2.05) is 0 Å². The van der Waals surface area contributed by atoms with Gasteiger partial charge in [0, 0.05) is 13.0 Å². The fourth-order valence-electron chi connectivity index (χ4n) is 9.02. The van der Waals surface area contributed by atoms with Gasteiger partial charge in [0.15, 0.2) is 6.29 Å². The highest BCUT2D eigenvalue weighted by molar-refractivity contribution is 5.69. The SMILES string of the molecule is CCCCCCCCC/C=C\CCCCCCCCCCOCC(COC1OC(CO)C(O)C(O)C1O)OC(=O)CCCCCCCCCCCCCCCCCCCCCCCCC. The van der Waals surface area contributed by atoms with Gasteiger partial charge in [-0.3, -0.25) is 4.79 Å². The highest BCUT2D eigenvalue weighted by Gasteiger charge is 2.44. The minimum absolute atomic E-state index is 0.108. The molecule has 0 saturated carbocycles. The molecular weight excluding hydrogens is 817 g/mol. The largest absolute Gasteiger partial charge is 0.457 e. The van der Waals surface area contributed by atoms with Gasteiger partial charge in [0.05, 0.1) is 19.8 Å². The molecule has 9 nitrogen and oxygen atoms in total. The van der Waals surface area contributed by atoms with Gasteiger partial charge < -0.3 is 39.4 Å². The van der Waals surface area contributed by atoms with Gasteiger partial charge in [-0.1, -0.05) is 244 Å². The number of ether oxygens (including phenoxy) is 4. The molecule has 6 atom stereocenters. The third-order valence-electron chi connectivity index (χ3n) is 13.4. The molecule has 0 aromatic carbocycles. The van der Waals surface area contributed by atoms with E-state index in [0.29, 0.717) is 13.0 Å². The first-order chi connectivity index (χ1) is 31.9. The van der Waals surface area contributed by atoms with Crippen LogP contribution in [-0.4, -0.2) is 89.6 Å². The number of carbonyl (C=O) groups is 1. The maximum atomic E-state index is 12.9. The van der Waals surface area contributed by atoms with E-state index in [2.05, 4.69) is 26.0 Å². The summed E-state index contributed by atoms with van der Waals surface area (Å²) in [5.74, 6) is -0.306. The van der Waals surface area contributed by atoms with Crippen molar-refractivity contribution < 1.29 is 44.2 Å². The van der Waals surface area contributed by atoms with Crippen LogP contribution in [0.4, 0.5) is 0 Å². The van der Waals surface area contributed by atoms with Gasteiger partial charge in [-0.15, -0.1) is 0 Å². The van der Waals surface area contributed by atoms with E-state index in [9.17, 15) is 25.2 Å². The molecule has 1 aliphatic heterocycles. The van der Waals surface area contributed by atoms with Gasteiger partial charge in [0.25, 0.3) is 0 Å². The smallest absolute Gasteiger partial charge is 0.306 e. The van der Waals surface area contributed by atoms with Crippen molar-refractivity contribution >= 4 is 5.97 Å². The number of aliphatic hydroxyl groups excluding tert-OH is 4. The average molecular weight is 925 g/mol. The lowest BCUT2D eigenvalue weighted by Crippen LogP contribution is -2.59. The Bertz CT molecular complexity index is 1010. The Morgan fingerprint density at radius 1 is 0.477 bits per heavy atom. The Kier molecular flexibility index (Phi) is 45.7. The second-order valence-corrected chi connectivity index (χ2v) is 19.7. The maximum absolute atomic E-state index is 12.9. The van der Waals surface area contributed by atoms with Gasteiger partial charge in [-0.2, -0.15) is 0 Å². The van der Waals surface area contributed by atoms with Crippen LogP contribution in [0.3, 0.4) is 0 Å². The van der Waals surface area contributed by atoms with Gasteiger partial charge in [-0.05, 0) is 38.5 Å². The molecule has 1 rings (SSSR count). The molecular formula is C56H108O9. The van der Waals surface area contributed by atoms with Crippen LogP contribution < -0.4 is 0 Å². The summed E-state index contributed by atoms with van der Waals surface area (Å²) in [6.07, 6.45) is 49.7. The van der Waals surface area contributed by atoms with E-state index >= 15 is 0 Å². The molecule has 6 unspecified atom stereocenters. The van der Waals surface area contributed by atoms with Crippen LogP contribution in [0.25, 0.3) is 0 Å². The first-order valence-electron chi connectivity index (χ1n) is 28.3. The number of hydrogen-bond donors (Lipinski definition) is 4. The molecule has 4 N–H and O–H groups in total. The number of unbranched alkanes of at least 4 members (excludes halogenated alkanes) is 37. The molecule has 9 heteroatoms. The zero-order valence-electron chi connectivity index (χ0n) is 42.8. The molecule has 1 fully saturated rings. The van der Waals surface area contributed by atoms with E-state index in [1.165, 1.54) is 225 Å². The summed E-state index contributed by atoms with van der Waals surface area (Å²) in [5, 5.41) is 40.3. The standard InChI is InChI=1S/C56H108O9/c1-3-5-7-9-11-13-15-17-19-21-23-24-25-26-27-29-31-33-35-37-39-41-43-45-52(58)64-50(49-63-56-55(61)54(60)53(59)51(47-57)65-56)48-62-46-44-42-40-38-36-34-32-30-28-22-20-18-16-14-12-10-8-6-4-2/h20,22,50-51,53-57,59-61H,3-19,21,23-49H2,1-2H3/b22-20-. The monoisotopic (exact) mass is 925 g/mol. The topological polar surface area (TPSA) is 135 Å². The summed E-state index contributed by atoms with van der Waals surface area (Å²) < 4.78 is 23.0. The molecule has 65 heavy (non-hydrogen) atoms. The van der Waals surface area contributed by atoms with Crippen LogP contribution in [0.2, 0.25) is 0 Å². The normalized spacial score (nSPS) is 19.4. The van der Waals surface area contributed by atoms with E-state index in [-0.39, 0.29) is 19.2 Å². The van der Waals surface area contributed by atoms with E-state index in [0.717, 1.165) is 32.1 Å². The van der Waals surface area contributed by atoms with Crippen molar-refractivity contribution in [2.45, 2.75) is 314 Å². The quantitative estimate of drug-likeness (QED) is 0.0267. The minimum Gasteiger partial charge on any atom is -0.457 e. The predicted octanol–water partition coefficient (Wildman–Crippen LogP) is 14.3. The number of aliphatic hydroxyl groups is 4. The highest BCUT2D eigenvalue weighted by atomic mass is 16.7. The lowest BCUT2D eigenvalue weighted by Gasteiger charge is -2.39. The van der Waals surface area contributed by atoms with Gasteiger partial charge in [0.1, 0.15) is 30.5 Å². The fraction of sp³-hybridized carbons (Fsp3) is 0.946. The lowest BCUT2D eigenvalue weighted by atomic mass is 9.99. The molecule has 0 bridgehead atoms. The zero-order valence-corrected chi connectivity index (χ0v) is 42.8. The Balaban J connectivity index is 2.14. The van der Waals surface area contributed by atoms with Crippen LogP contribution in [0.15, 0.2) is 12.2 Å². The third kappa shape index (κ3) is 38.5. The molecule has 386 valence electrons. The molecule has 0 aliphatic carbocycles. The Hall–Kier alpha value is -1.07. The Morgan fingerprint density at radius 2 is 0.846 bits per heavy atom. The van der Waals surface area contributed by atoms with Crippen LogP contribution >= 0.6 is 0 Å². The summed E-state index contributed by atoms with van der Waals surface area (Å²) in [4.78, 5) is 12.9. The van der Waals surface area contributed by atoms with Gasteiger partial charge >= 0.3 is 5.97 Å². The van der Waals surface area contributed by atoms with Gasteiger partial charge in [-0.25, -0.2) is 0 Å². The number of carbonyl (C=O) groups excluding carboxylic acids is 1. The molecule has 0 aromatic heterocycles. The highest BCUT2D eigenvalue weighted by Crippen LogP contribution is 2.23. The molecule has 0 amide bonds. The number of hydrogen-bond acceptors (Lipinski definition) is 9. The van der Waals surface area contributed by atoms with E-state index < -0.39 is 43.4 Å². The molecule has 0 aromatic rings.